The third-order valence-electron chi connectivity index (χ3n) is 6.12. The number of nitrogens with one attached hydrogen (secondary N) is 1. The molecule has 2 aromatic heterocycles. The monoisotopic (exact) mass is 486 g/mol. The minimum atomic E-state index is -0.319. The van der Waals surface area contributed by atoms with Gasteiger partial charge in [0.2, 0.25) is 5.91 Å². The maximum absolute atomic E-state index is 13.2. The van der Waals surface area contributed by atoms with E-state index in [0.717, 1.165) is 48.2 Å². The van der Waals surface area contributed by atoms with E-state index in [-0.39, 0.29) is 17.5 Å². The van der Waals surface area contributed by atoms with E-state index >= 15 is 0 Å². The molecular weight excluding hydrogens is 463 g/mol. The second kappa shape index (κ2) is 9.76. The zero-order valence-corrected chi connectivity index (χ0v) is 20.0. The lowest BCUT2D eigenvalue weighted by molar-refractivity contribution is -0.113. The molecule has 1 N–H and O–H groups in total. The van der Waals surface area contributed by atoms with E-state index in [4.69, 9.17) is 0 Å². The molecule has 0 saturated carbocycles. The predicted octanol–water partition coefficient (Wildman–Crippen LogP) is 4.89. The average Bonchev–Trinajstić information content (AvgIpc) is 3.40. The predicted molar refractivity (Wildman–Crippen MR) is 133 cm³/mol. The van der Waals surface area contributed by atoms with Crippen molar-refractivity contribution in [2.24, 2.45) is 7.05 Å². The molecule has 2 aromatic carbocycles. The van der Waals surface area contributed by atoms with Gasteiger partial charge in [-0.2, -0.15) is 5.26 Å². The number of amides is 1. The Morgan fingerprint density at radius 2 is 1.86 bits per heavy atom. The van der Waals surface area contributed by atoms with Crippen LogP contribution in [0, 0.1) is 17.1 Å². The number of halogens is 1. The molecule has 4 aromatic rings. The van der Waals surface area contributed by atoms with E-state index in [2.05, 4.69) is 21.6 Å². The largest absolute Gasteiger partial charge is 0.310 e. The molecular formula is C26H23FN6OS. The van der Waals surface area contributed by atoms with Gasteiger partial charge in [-0.05, 0) is 67.6 Å². The van der Waals surface area contributed by atoms with E-state index in [0.29, 0.717) is 22.4 Å². The van der Waals surface area contributed by atoms with Crippen molar-refractivity contribution in [1.82, 2.24) is 19.3 Å². The highest BCUT2D eigenvalue weighted by atomic mass is 32.2. The van der Waals surface area contributed by atoms with Crippen molar-refractivity contribution in [3.63, 3.8) is 0 Å². The molecule has 0 fully saturated rings. The fraction of sp³-hybridized carbons (Fsp3) is 0.231. The number of anilines is 1. The summed E-state index contributed by atoms with van der Waals surface area (Å²) in [5.41, 5.74) is 4.33. The first-order valence-corrected chi connectivity index (χ1v) is 12.4. The van der Waals surface area contributed by atoms with Crippen LogP contribution in [0.2, 0.25) is 0 Å². The average molecular weight is 487 g/mol. The third-order valence-corrected chi connectivity index (χ3v) is 7.14. The van der Waals surface area contributed by atoms with Gasteiger partial charge in [0.05, 0.1) is 11.3 Å². The number of hydrogen-bond acceptors (Lipinski definition) is 5. The first-order chi connectivity index (χ1) is 17.1. The van der Waals surface area contributed by atoms with E-state index in [1.54, 1.807) is 23.7 Å². The lowest BCUT2D eigenvalue weighted by Crippen LogP contribution is -2.18. The van der Waals surface area contributed by atoms with E-state index in [9.17, 15) is 14.4 Å². The Morgan fingerprint density at radius 3 is 2.60 bits per heavy atom. The van der Waals surface area contributed by atoms with Gasteiger partial charge >= 0.3 is 0 Å². The summed E-state index contributed by atoms with van der Waals surface area (Å²) < 4.78 is 17.0. The molecule has 7 nitrogen and oxygen atoms in total. The van der Waals surface area contributed by atoms with Crippen molar-refractivity contribution in [3.05, 3.63) is 77.2 Å². The second-order valence-corrected chi connectivity index (χ2v) is 9.29. The van der Waals surface area contributed by atoms with Crippen LogP contribution < -0.4 is 5.32 Å². The lowest BCUT2D eigenvalue weighted by atomic mass is 9.95. The van der Waals surface area contributed by atoms with Gasteiger partial charge in [-0.15, -0.1) is 10.2 Å². The van der Waals surface area contributed by atoms with Gasteiger partial charge in [0, 0.05) is 24.0 Å². The van der Waals surface area contributed by atoms with Crippen LogP contribution in [0.15, 0.2) is 59.8 Å². The molecule has 0 unspecified atom stereocenters. The zero-order valence-electron chi connectivity index (χ0n) is 19.2. The number of carbonyl (C=O) groups is 1. The highest BCUT2D eigenvalue weighted by Crippen LogP contribution is 2.35. The van der Waals surface area contributed by atoms with Gasteiger partial charge in [0.25, 0.3) is 0 Å². The molecule has 0 radical (unpaired) electrons. The summed E-state index contributed by atoms with van der Waals surface area (Å²) >= 11 is 1.25. The molecule has 1 aliphatic carbocycles. The van der Waals surface area contributed by atoms with Crippen LogP contribution in [0.1, 0.15) is 29.7 Å². The summed E-state index contributed by atoms with van der Waals surface area (Å²) in [6, 6.07) is 18.2. The number of benzene rings is 2. The molecule has 0 saturated heterocycles. The smallest absolute Gasteiger partial charge is 0.236 e. The number of hydrogen-bond donors (Lipinski definition) is 1. The van der Waals surface area contributed by atoms with E-state index in [1.165, 1.54) is 23.9 Å². The van der Waals surface area contributed by atoms with Gasteiger partial charge in [0.15, 0.2) is 11.0 Å². The molecule has 35 heavy (non-hydrogen) atoms. The number of rotatable bonds is 6. The van der Waals surface area contributed by atoms with Crippen molar-refractivity contribution in [2.45, 2.75) is 30.8 Å². The lowest BCUT2D eigenvalue weighted by Gasteiger charge is -2.17. The maximum Gasteiger partial charge on any atom is 0.236 e. The molecule has 9 heteroatoms. The van der Waals surface area contributed by atoms with Gasteiger partial charge in [0.1, 0.15) is 17.7 Å². The van der Waals surface area contributed by atoms with E-state index in [1.807, 2.05) is 34.9 Å². The van der Waals surface area contributed by atoms with Gasteiger partial charge < -0.3 is 9.88 Å². The quantitative estimate of drug-likeness (QED) is 0.392. The summed E-state index contributed by atoms with van der Waals surface area (Å²) in [6.45, 7) is 0. The fourth-order valence-electron chi connectivity index (χ4n) is 4.49. The molecule has 0 spiro atoms. The Morgan fingerprint density at radius 1 is 1.11 bits per heavy atom. The first kappa shape index (κ1) is 22.9. The molecule has 1 aliphatic rings. The SMILES string of the molecule is Cn1c(SCC(=O)Nc2c(C#N)c3c(n2-c2ccccc2)CCCC3)nnc1-c1ccc(F)cc1. The Labute approximate surface area is 206 Å². The summed E-state index contributed by atoms with van der Waals surface area (Å²) in [6.07, 6.45) is 3.79. The Hall–Kier alpha value is -3.90. The Balaban J connectivity index is 1.38. The van der Waals surface area contributed by atoms with Gasteiger partial charge in [-0.1, -0.05) is 30.0 Å². The van der Waals surface area contributed by atoms with Crippen LogP contribution in [-0.4, -0.2) is 31.0 Å². The van der Waals surface area contributed by atoms with Crippen molar-refractivity contribution < 1.29 is 9.18 Å². The van der Waals surface area contributed by atoms with Crippen LogP contribution in [0.5, 0.6) is 0 Å². The summed E-state index contributed by atoms with van der Waals surface area (Å²) in [4.78, 5) is 13.0. The van der Waals surface area contributed by atoms with Crippen molar-refractivity contribution >= 4 is 23.5 Å². The number of nitriles is 1. The normalized spacial score (nSPS) is 12.7. The van der Waals surface area contributed by atoms with Crippen LogP contribution in [0.3, 0.4) is 0 Å². The minimum Gasteiger partial charge on any atom is -0.310 e. The minimum absolute atomic E-state index is 0.102. The summed E-state index contributed by atoms with van der Waals surface area (Å²) in [5.74, 6) is 0.669. The second-order valence-electron chi connectivity index (χ2n) is 8.35. The summed E-state index contributed by atoms with van der Waals surface area (Å²) in [7, 11) is 1.81. The number of thioether (sulfide) groups is 1. The van der Waals surface area contributed by atoms with Crippen LogP contribution in [0.4, 0.5) is 10.2 Å². The van der Waals surface area contributed by atoms with Crippen LogP contribution in [-0.2, 0) is 24.7 Å². The zero-order chi connectivity index (χ0) is 24.4. The molecule has 0 bridgehead atoms. The van der Waals surface area contributed by atoms with Crippen molar-refractivity contribution in [3.8, 4) is 23.1 Å². The Bertz CT molecular complexity index is 1420. The number of aromatic nitrogens is 4. The third kappa shape index (κ3) is 4.45. The first-order valence-electron chi connectivity index (χ1n) is 11.4. The number of fused-ring (bicyclic) bond motifs is 1. The van der Waals surface area contributed by atoms with Crippen LogP contribution >= 0.6 is 11.8 Å². The fourth-order valence-corrected chi connectivity index (χ4v) is 5.20. The van der Waals surface area contributed by atoms with Gasteiger partial charge in [-0.3, -0.25) is 9.36 Å². The number of carbonyl (C=O) groups excluding carboxylic acids is 1. The molecule has 5 rings (SSSR count). The molecule has 1 amide bonds. The summed E-state index contributed by atoms with van der Waals surface area (Å²) in [5, 5.41) is 21.9. The molecule has 0 aliphatic heterocycles. The number of nitrogens with zero attached hydrogens (tertiary/aromatic N) is 5. The van der Waals surface area contributed by atoms with Crippen molar-refractivity contribution in [1.29, 1.82) is 5.26 Å². The molecule has 176 valence electrons. The highest BCUT2D eigenvalue weighted by molar-refractivity contribution is 7.99. The topological polar surface area (TPSA) is 88.5 Å². The van der Waals surface area contributed by atoms with Gasteiger partial charge in [-0.25, -0.2) is 4.39 Å². The van der Waals surface area contributed by atoms with Crippen molar-refractivity contribution in [2.75, 3.05) is 11.1 Å². The standard InChI is InChI=1S/C26H23FN6OS/c1-32-24(17-11-13-18(27)14-12-17)30-31-26(32)35-16-23(34)29-25-21(15-28)20-9-5-6-10-22(20)33(25)19-7-3-2-4-8-19/h2-4,7-8,11-14H,5-6,9-10,16H2,1H3,(H,29,34). The Kier molecular flexibility index (Phi) is 6.38. The number of para-hydroxylation sites is 1. The molecule has 2 heterocycles. The molecule has 0 atom stereocenters. The maximum atomic E-state index is 13.2. The van der Waals surface area contributed by atoms with Crippen LogP contribution in [0.25, 0.3) is 17.1 Å². The van der Waals surface area contributed by atoms with E-state index < -0.39 is 0 Å². The highest BCUT2D eigenvalue weighted by Gasteiger charge is 2.27.